The minimum atomic E-state index is -1.24. The topological polar surface area (TPSA) is 183 Å². The third-order valence-corrected chi connectivity index (χ3v) is 9.63. The van der Waals surface area contributed by atoms with Crippen LogP contribution in [0.4, 0.5) is 4.79 Å². The van der Waals surface area contributed by atoms with Gasteiger partial charge in [-0.25, -0.2) is 4.79 Å². The number of ketones is 1. The number of likely N-dealkylation sites (N-methyl/N-ethyl adjacent to an activating group) is 1. The van der Waals surface area contributed by atoms with Crippen LogP contribution < -0.4 is 21.3 Å². The maximum atomic E-state index is 14.2. The number of benzene rings is 1. The van der Waals surface area contributed by atoms with Crippen molar-refractivity contribution >= 4 is 41.4 Å². The zero-order valence-electron chi connectivity index (χ0n) is 32.7. The van der Waals surface area contributed by atoms with Gasteiger partial charge in [0.1, 0.15) is 23.7 Å². The number of carbonyl (C=O) groups excluding carboxylic acids is 7. The smallest absolute Gasteiger partial charge is 0.408 e. The van der Waals surface area contributed by atoms with Crippen molar-refractivity contribution in [2.75, 3.05) is 27.2 Å². The Kier molecular flexibility index (Phi) is 12.9. The summed E-state index contributed by atoms with van der Waals surface area (Å²) < 4.78 is 5.43. The first-order valence-electron chi connectivity index (χ1n) is 17.8. The van der Waals surface area contributed by atoms with Crippen molar-refractivity contribution in [1.82, 2.24) is 31.1 Å². The van der Waals surface area contributed by atoms with E-state index >= 15 is 0 Å². The number of carbonyl (C=O) groups is 7. The Bertz CT molecular complexity index is 1530. The van der Waals surface area contributed by atoms with E-state index in [1.807, 2.05) is 27.7 Å². The van der Waals surface area contributed by atoms with E-state index in [0.717, 1.165) is 0 Å². The number of piperidine rings is 1. The van der Waals surface area contributed by atoms with Crippen LogP contribution in [0.3, 0.4) is 0 Å². The molecule has 1 aliphatic heterocycles. The number of nitrogens with zero attached hydrogens (tertiary/aromatic N) is 2. The predicted molar refractivity (Wildman–Crippen MR) is 194 cm³/mol. The molecule has 6 atom stereocenters. The molecule has 2 aliphatic rings. The van der Waals surface area contributed by atoms with Gasteiger partial charge in [0.05, 0.1) is 12.6 Å². The van der Waals surface area contributed by atoms with Crippen molar-refractivity contribution in [3.8, 4) is 0 Å². The Morgan fingerprint density at radius 3 is 2.04 bits per heavy atom. The molecule has 0 spiro atoms. The molecule has 2 fully saturated rings. The van der Waals surface area contributed by atoms with Gasteiger partial charge in [0.2, 0.25) is 29.4 Å². The van der Waals surface area contributed by atoms with E-state index in [4.69, 9.17) is 4.74 Å². The second kappa shape index (κ2) is 16.0. The molecule has 0 aromatic heterocycles. The van der Waals surface area contributed by atoms with Crippen LogP contribution in [-0.2, 0) is 33.5 Å². The van der Waals surface area contributed by atoms with Gasteiger partial charge in [-0.05, 0) is 61.3 Å². The van der Waals surface area contributed by atoms with Crippen LogP contribution in [0.5, 0.6) is 0 Å². The number of Topliss-reactive ketones (excluding diaryl/α,β-unsaturated/α-hetero) is 1. The fraction of sp³-hybridized carbons (Fsp3) is 0.658. The Balaban J connectivity index is 1.76. The molecule has 3 rings (SSSR count). The van der Waals surface area contributed by atoms with E-state index in [9.17, 15) is 33.6 Å². The minimum absolute atomic E-state index is 0.0227. The zero-order chi connectivity index (χ0) is 39.5. The molecule has 1 aromatic carbocycles. The lowest BCUT2D eigenvalue weighted by atomic mass is 9.85. The molecule has 1 aliphatic carbocycles. The van der Waals surface area contributed by atoms with Crippen LogP contribution in [-0.4, -0.2) is 102 Å². The van der Waals surface area contributed by atoms with Crippen LogP contribution in [0.2, 0.25) is 0 Å². The lowest BCUT2D eigenvalue weighted by molar-refractivity contribution is -0.145. The molecule has 14 nitrogen and oxygen atoms in total. The molecule has 1 saturated carbocycles. The Hall–Kier alpha value is -4.49. The van der Waals surface area contributed by atoms with Crippen molar-refractivity contribution < 1.29 is 38.3 Å². The summed E-state index contributed by atoms with van der Waals surface area (Å²) in [6.07, 6.45) is -0.630. The average Bonchev–Trinajstić information content (AvgIpc) is 3.33. The number of hydrogen-bond donors (Lipinski definition) is 4. The Morgan fingerprint density at radius 1 is 0.923 bits per heavy atom. The van der Waals surface area contributed by atoms with Gasteiger partial charge in [-0.1, -0.05) is 78.8 Å². The highest BCUT2D eigenvalue weighted by Gasteiger charge is 2.70. The summed E-state index contributed by atoms with van der Waals surface area (Å²) in [5.74, 6) is -4.39. The van der Waals surface area contributed by atoms with E-state index in [0.29, 0.717) is 5.56 Å². The van der Waals surface area contributed by atoms with E-state index in [1.165, 1.54) is 9.80 Å². The number of amides is 6. The number of ether oxygens (including phenoxy) is 1. The van der Waals surface area contributed by atoms with Crippen LogP contribution >= 0.6 is 0 Å². The number of likely N-dealkylation sites (tertiary alicyclic amines) is 1. The van der Waals surface area contributed by atoms with E-state index < -0.39 is 77.2 Å². The minimum Gasteiger partial charge on any atom is -0.444 e. The van der Waals surface area contributed by atoms with Crippen molar-refractivity contribution in [2.24, 2.45) is 28.6 Å². The first kappa shape index (κ1) is 41.9. The average molecular weight is 727 g/mol. The van der Waals surface area contributed by atoms with E-state index in [1.54, 1.807) is 86.0 Å². The molecule has 1 heterocycles. The molecule has 288 valence electrons. The highest BCUT2D eigenvalue weighted by molar-refractivity contribution is 6.38. The van der Waals surface area contributed by atoms with Crippen LogP contribution in [0, 0.1) is 28.6 Å². The van der Waals surface area contributed by atoms with E-state index in [2.05, 4.69) is 21.3 Å². The lowest BCUT2D eigenvalue weighted by Gasteiger charge is -2.38. The van der Waals surface area contributed by atoms with Gasteiger partial charge < -0.3 is 35.8 Å². The maximum Gasteiger partial charge on any atom is 0.408 e. The largest absolute Gasteiger partial charge is 0.444 e. The summed E-state index contributed by atoms with van der Waals surface area (Å²) >= 11 is 0. The van der Waals surface area contributed by atoms with Crippen LogP contribution in [0.1, 0.15) is 87.3 Å². The quantitative estimate of drug-likeness (QED) is 0.224. The summed E-state index contributed by atoms with van der Waals surface area (Å²) in [5, 5.41) is 10.4. The maximum absolute atomic E-state index is 14.2. The molecular weight excluding hydrogens is 668 g/mol. The predicted octanol–water partition coefficient (Wildman–Crippen LogP) is 2.57. The summed E-state index contributed by atoms with van der Waals surface area (Å²) in [6.45, 7) is 18.0. The lowest BCUT2D eigenvalue weighted by Crippen LogP contribution is -2.61. The molecular formula is C38H58N6O8. The number of hydrogen-bond acceptors (Lipinski definition) is 8. The van der Waals surface area contributed by atoms with Gasteiger partial charge in [0.15, 0.2) is 0 Å². The summed E-state index contributed by atoms with van der Waals surface area (Å²) in [5.41, 5.74) is -1.23. The molecule has 6 amide bonds. The van der Waals surface area contributed by atoms with E-state index in [-0.39, 0.29) is 42.0 Å². The number of nitrogens with one attached hydrogen (secondary N) is 4. The molecule has 4 N–H and O–H groups in total. The van der Waals surface area contributed by atoms with Gasteiger partial charge in [-0.3, -0.25) is 28.8 Å². The second-order valence-corrected chi connectivity index (χ2v) is 17.2. The second-order valence-electron chi connectivity index (χ2n) is 17.2. The molecule has 0 radical (unpaired) electrons. The summed E-state index contributed by atoms with van der Waals surface area (Å²) in [4.78, 5) is 96.3. The monoisotopic (exact) mass is 726 g/mol. The number of alkyl carbamates (subject to hydrolysis) is 1. The van der Waals surface area contributed by atoms with Gasteiger partial charge in [-0.15, -0.1) is 0 Å². The van der Waals surface area contributed by atoms with Gasteiger partial charge >= 0.3 is 6.09 Å². The van der Waals surface area contributed by atoms with Gasteiger partial charge in [0.25, 0.3) is 5.91 Å². The SMILES string of the molecule is CC(C)C[C@H](NC(=O)[C@@H]1C2[C@H](CN1C(=O)[C@@H](NC(=O)OC(C)(C)C)C(C)(C)C)C2(C)C)C(=O)C(=O)NCC(=O)N[C@H](C(=O)N(C)C)c1ccccc1. The normalized spacial score (nSPS) is 20.8. The zero-order valence-corrected chi connectivity index (χ0v) is 32.7. The van der Waals surface area contributed by atoms with Gasteiger partial charge in [0, 0.05) is 20.6 Å². The fourth-order valence-corrected chi connectivity index (χ4v) is 6.82. The highest BCUT2D eigenvalue weighted by atomic mass is 16.6. The third-order valence-electron chi connectivity index (χ3n) is 9.63. The molecule has 1 unspecified atom stereocenters. The highest BCUT2D eigenvalue weighted by Crippen LogP contribution is 2.65. The Morgan fingerprint density at radius 2 is 1.52 bits per heavy atom. The van der Waals surface area contributed by atoms with Crippen molar-refractivity contribution in [2.45, 2.75) is 105 Å². The molecule has 14 heteroatoms. The third kappa shape index (κ3) is 10.3. The van der Waals surface area contributed by atoms with Crippen molar-refractivity contribution in [1.29, 1.82) is 0 Å². The molecule has 1 saturated heterocycles. The first-order chi connectivity index (χ1) is 23.9. The summed E-state index contributed by atoms with van der Waals surface area (Å²) in [7, 11) is 3.12. The van der Waals surface area contributed by atoms with Crippen LogP contribution in [0.25, 0.3) is 0 Å². The number of rotatable bonds is 13. The Labute approximate surface area is 307 Å². The summed E-state index contributed by atoms with van der Waals surface area (Å²) in [6, 6.07) is 4.42. The molecule has 0 bridgehead atoms. The molecule has 1 aromatic rings. The standard InChI is InChI=1S/C38H58N6O8/c1-21(2)18-24(29(46)32(48)39-19-25(45)41-27(33(49)43(11)12)22-16-14-13-15-17-22)40-31(47)28-26-23(38(26,9)10)20-44(28)34(50)30(36(3,4)5)42-35(51)52-37(6,7)8/h13-17,21,23-24,26-28,30H,18-20H2,1-12H3,(H,39,48)(H,40,47)(H,41,45)(H,42,51)/t23-,24-,26?,27-,28-,30+/m0/s1. The molecule has 52 heavy (non-hydrogen) atoms. The van der Waals surface area contributed by atoms with Crippen molar-refractivity contribution in [3.05, 3.63) is 35.9 Å². The number of fused-ring (bicyclic) bond motifs is 1. The van der Waals surface area contributed by atoms with Gasteiger partial charge in [-0.2, -0.15) is 0 Å². The van der Waals surface area contributed by atoms with Crippen molar-refractivity contribution in [3.63, 3.8) is 0 Å². The van der Waals surface area contributed by atoms with Crippen LogP contribution in [0.15, 0.2) is 30.3 Å². The first-order valence-corrected chi connectivity index (χ1v) is 17.8. The fourth-order valence-electron chi connectivity index (χ4n) is 6.82.